The first-order valence-corrected chi connectivity index (χ1v) is 27.8. The molecular formula is C59H104O6. The first-order chi connectivity index (χ1) is 32.0. The van der Waals surface area contributed by atoms with Crippen molar-refractivity contribution in [3.8, 4) is 0 Å². The minimum Gasteiger partial charge on any atom is -0.462 e. The number of hydrogen-bond acceptors (Lipinski definition) is 6. The molecular weight excluding hydrogens is 805 g/mol. The summed E-state index contributed by atoms with van der Waals surface area (Å²) >= 11 is 0. The standard InChI is InChI=1S/C59H104O6/c1-4-7-10-13-16-19-21-23-24-25-26-27-28-29-30-31-32-33-34-36-37-40-43-46-49-52-58(61)64-55-56(54-63-57(60)51-48-45-42-39-18-15-12-9-6-3)65-59(62)53-50-47-44-41-38-35-22-20-17-14-11-8-5-2/h8,11,17,20,25-26,35,38,44,47,56H,4-7,9-10,12-16,18-19,21-24,27-34,36-37,39-43,45-46,48-55H2,1-3H3/b11-8-,20-17-,26-25-,38-35-,47-44-. The number of allylic oxidation sites excluding steroid dienone is 10. The van der Waals surface area contributed by atoms with E-state index >= 15 is 0 Å². The normalized spacial score (nSPS) is 12.5. The van der Waals surface area contributed by atoms with Crippen LogP contribution in [0.25, 0.3) is 0 Å². The Morgan fingerprint density at radius 1 is 0.323 bits per heavy atom. The van der Waals surface area contributed by atoms with Gasteiger partial charge in [-0.3, -0.25) is 14.4 Å². The number of ether oxygens (including phenoxy) is 3. The molecule has 0 spiro atoms. The van der Waals surface area contributed by atoms with Gasteiger partial charge >= 0.3 is 17.9 Å². The van der Waals surface area contributed by atoms with E-state index in [9.17, 15) is 14.4 Å². The summed E-state index contributed by atoms with van der Waals surface area (Å²) in [5.74, 6) is -0.979. The molecule has 376 valence electrons. The zero-order valence-electron chi connectivity index (χ0n) is 43.0. The Balaban J connectivity index is 4.21. The number of carbonyl (C=O) groups excluding carboxylic acids is 3. The fourth-order valence-corrected chi connectivity index (χ4v) is 7.86. The van der Waals surface area contributed by atoms with Crippen molar-refractivity contribution in [2.24, 2.45) is 0 Å². The predicted molar refractivity (Wildman–Crippen MR) is 279 cm³/mol. The molecule has 1 atom stereocenters. The maximum Gasteiger partial charge on any atom is 0.306 e. The van der Waals surface area contributed by atoms with Gasteiger partial charge in [-0.05, 0) is 70.6 Å². The average molecular weight is 909 g/mol. The van der Waals surface area contributed by atoms with Gasteiger partial charge in [-0.25, -0.2) is 0 Å². The number of esters is 3. The molecule has 6 heteroatoms. The van der Waals surface area contributed by atoms with E-state index in [0.29, 0.717) is 19.3 Å². The van der Waals surface area contributed by atoms with Crippen LogP contribution in [-0.2, 0) is 28.6 Å². The molecule has 0 aromatic carbocycles. The summed E-state index contributed by atoms with van der Waals surface area (Å²) in [5, 5.41) is 0. The quantitative estimate of drug-likeness (QED) is 0.0262. The fraction of sp³-hybridized carbons (Fsp3) is 0.780. The van der Waals surface area contributed by atoms with Crippen molar-refractivity contribution in [1.29, 1.82) is 0 Å². The van der Waals surface area contributed by atoms with Crippen molar-refractivity contribution in [2.75, 3.05) is 13.2 Å². The number of hydrogen-bond donors (Lipinski definition) is 0. The van der Waals surface area contributed by atoms with Crippen LogP contribution in [0.3, 0.4) is 0 Å². The van der Waals surface area contributed by atoms with Gasteiger partial charge in [0.15, 0.2) is 6.10 Å². The second-order valence-corrected chi connectivity index (χ2v) is 18.5. The zero-order valence-corrected chi connectivity index (χ0v) is 43.0. The Morgan fingerprint density at radius 2 is 0.631 bits per heavy atom. The van der Waals surface area contributed by atoms with E-state index in [2.05, 4.69) is 69.4 Å². The van der Waals surface area contributed by atoms with Crippen LogP contribution in [0.4, 0.5) is 0 Å². The molecule has 1 unspecified atom stereocenters. The zero-order chi connectivity index (χ0) is 47.2. The van der Waals surface area contributed by atoms with Gasteiger partial charge in [0.2, 0.25) is 0 Å². The number of rotatable bonds is 50. The molecule has 65 heavy (non-hydrogen) atoms. The van der Waals surface area contributed by atoms with Crippen LogP contribution in [0.1, 0.15) is 278 Å². The van der Waals surface area contributed by atoms with E-state index in [4.69, 9.17) is 14.2 Å². The first-order valence-electron chi connectivity index (χ1n) is 27.8. The third-order valence-electron chi connectivity index (χ3n) is 12.0. The fourth-order valence-electron chi connectivity index (χ4n) is 7.86. The van der Waals surface area contributed by atoms with Crippen molar-refractivity contribution in [3.05, 3.63) is 60.8 Å². The highest BCUT2D eigenvalue weighted by Crippen LogP contribution is 2.16. The van der Waals surface area contributed by atoms with Gasteiger partial charge in [0.05, 0.1) is 0 Å². The SMILES string of the molecule is CC/C=C\C/C=C\C/C=C\C/C=C\CCC(=O)OC(COC(=O)CCCCCCCCCCC)COC(=O)CCCCCCCCCCCCCCC/C=C\CCCCCCCCCC. The Labute approximate surface area is 402 Å². The highest BCUT2D eigenvalue weighted by molar-refractivity contribution is 5.71. The van der Waals surface area contributed by atoms with Crippen LogP contribution in [0.15, 0.2) is 60.8 Å². The molecule has 0 N–H and O–H groups in total. The second kappa shape index (κ2) is 53.7. The molecule has 0 aliphatic carbocycles. The second-order valence-electron chi connectivity index (χ2n) is 18.5. The van der Waals surface area contributed by atoms with E-state index in [1.54, 1.807) is 0 Å². The van der Waals surface area contributed by atoms with Crippen LogP contribution >= 0.6 is 0 Å². The average Bonchev–Trinajstić information content (AvgIpc) is 3.30. The van der Waals surface area contributed by atoms with Gasteiger partial charge in [0.25, 0.3) is 0 Å². The first kappa shape index (κ1) is 62.1. The Morgan fingerprint density at radius 3 is 1.00 bits per heavy atom. The van der Waals surface area contributed by atoms with E-state index in [1.165, 1.54) is 167 Å². The molecule has 0 rings (SSSR count). The monoisotopic (exact) mass is 909 g/mol. The minimum atomic E-state index is -0.808. The molecule has 0 aliphatic heterocycles. The molecule has 0 bridgehead atoms. The summed E-state index contributed by atoms with van der Waals surface area (Å²) in [5.41, 5.74) is 0. The largest absolute Gasteiger partial charge is 0.462 e. The number of unbranched alkanes of at least 4 members (excludes halogenated alkanes) is 29. The molecule has 0 aromatic rings. The maximum atomic E-state index is 12.7. The third kappa shape index (κ3) is 51.9. The summed E-state index contributed by atoms with van der Waals surface area (Å²) in [6, 6.07) is 0. The lowest BCUT2D eigenvalue weighted by atomic mass is 10.0. The number of carbonyl (C=O) groups is 3. The highest BCUT2D eigenvalue weighted by atomic mass is 16.6. The lowest BCUT2D eigenvalue weighted by molar-refractivity contribution is -0.166. The van der Waals surface area contributed by atoms with Crippen LogP contribution in [0, 0.1) is 0 Å². The van der Waals surface area contributed by atoms with E-state index in [1.807, 2.05) is 12.2 Å². The smallest absolute Gasteiger partial charge is 0.306 e. The minimum absolute atomic E-state index is 0.101. The van der Waals surface area contributed by atoms with E-state index in [-0.39, 0.29) is 37.5 Å². The van der Waals surface area contributed by atoms with Crippen molar-refractivity contribution in [2.45, 2.75) is 284 Å². The summed E-state index contributed by atoms with van der Waals surface area (Å²) in [4.78, 5) is 37.9. The molecule has 6 nitrogen and oxygen atoms in total. The Hall–Kier alpha value is -2.89. The molecule has 0 saturated carbocycles. The molecule has 0 aliphatic rings. The molecule has 0 radical (unpaired) electrons. The summed E-state index contributed by atoms with van der Waals surface area (Å²) in [6.07, 6.45) is 66.8. The predicted octanol–water partition coefficient (Wildman–Crippen LogP) is 18.4. The van der Waals surface area contributed by atoms with Gasteiger partial charge in [0.1, 0.15) is 13.2 Å². The Bertz CT molecular complexity index is 1180. The molecule has 0 saturated heterocycles. The summed E-state index contributed by atoms with van der Waals surface area (Å²) in [7, 11) is 0. The van der Waals surface area contributed by atoms with Crippen LogP contribution < -0.4 is 0 Å². The Kier molecular flexibility index (Phi) is 51.3. The molecule has 0 heterocycles. The topological polar surface area (TPSA) is 78.9 Å². The van der Waals surface area contributed by atoms with Crippen molar-refractivity contribution >= 4 is 17.9 Å². The van der Waals surface area contributed by atoms with Crippen LogP contribution in [-0.4, -0.2) is 37.2 Å². The van der Waals surface area contributed by atoms with Crippen LogP contribution in [0.5, 0.6) is 0 Å². The van der Waals surface area contributed by atoms with Gasteiger partial charge in [-0.15, -0.1) is 0 Å². The maximum absolute atomic E-state index is 12.7. The van der Waals surface area contributed by atoms with E-state index < -0.39 is 6.10 Å². The van der Waals surface area contributed by atoms with Gasteiger partial charge in [0, 0.05) is 19.3 Å². The van der Waals surface area contributed by atoms with Crippen molar-refractivity contribution in [3.63, 3.8) is 0 Å². The van der Waals surface area contributed by atoms with Gasteiger partial charge < -0.3 is 14.2 Å². The third-order valence-corrected chi connectivity index (χ3v) is 12.0. The molecule has 0 aromatic heterocycles. The molecule has 0 fully saturated rings. The summed E-state index contributed by atoms with van der Waals surface area (Å²) < 4.78 is 16.7. The van der Waals surface area contributed by atoms with Gasteiger partial charge in [-0.2, -0.15) is 0 Å². The highest BCUT2D eigenvalue weighted by Gasteiger charge is 2.19. The van der Waals surface area contributed by atoms with Crippen LogP contribution in [0.2, 0.25) is 0 Å². The lowest BCUT2D eigenvalue weighted by Crippen LogP contribution is -2.30. The van der Waals surface area contributed by atoms with E-state index in [0.717, 1.165) is 64.2 Å². The lowest BCUT2D eigenvalue weighted by Gasteiger charge is -2.18. The van der Waals surface area contributed by atoms with Gasteiger partial charge in [-0.1, -0.05) is 248 Å². The molecule has 0 amide bonds. The van der Waals surface area contributed by atoms with Crippen molar-refractivity contribution in [1.82, 2.24) is 0 Å². The summed E-state index contributed by atoms with van der Waals surface area (Å²) in [6.45, 7) is 6.46. The van der Waals surface area contributed by atoms with Crippen molar-refractivity contribution < 1.29 is 28.6 Å².